The van der Waals surface area contributed by atoms with Gasteiger partial charge in [0.2, 0.25) is 19.7 Å². The Kier molecular flexibility index (Phi) is 16.7. The number of benzene rings is 2. The maximum Gasteiger partial charge on any atom is 0.404 e. The van der Waals surface area contributed by atoms with Crippen molar-refractivity contribution in [2.75, 3.05) is 7.05 Å². The van der Waals surface area contributed by atoms with E-state index < -0.39 is 60.8 Å². The first kappa shape index (κ1) is 50.5. The average molecular weight is 937 g/mol. The first-order chi connectivity index (χ1) is 30.4. The number of hydrogen-bond donors (Lipinski definition) is 5. The van der Waals surface area contributed by atoms with Gasteiger partial charge < -0.3 is 26.0 Å². The van der Waals surface area contributed by atoms with Crippen LogP contribution in [-0.4, -0.2) is 92.8 Å². The van der Waals surface area contributed by atoms with Gasteiger partial charge in [-0.3, -0.25) is 9.97 Å². The molecule has 6 rings (SSSR count). The summed E-state index contributed by atoms with van der Waals surface area (Å²) in [6.45, 7) is 9.49. The highest BCUT2D eigenvalue weighted by Gasteiger charge is 2.31. The normalized spacial score (nSPS) is 12.1. The first-order valence-electron chi connectivity index (χ1n) is 19.2. The van der Waals surface area contributed by atoms with Crippen LogP contribution in [0.15, 0.2) is 130 Å². The van der Waals surface area contributed by atoms with E-state index in [0.717, 1.165) is 0 Å². The van der Waals surface area contributed by atoms with Crippen LogP contribution in [0.3, 0.4) is 0 Å². The Balaban J connectivity index is 0.000000249. The zero-order valence-electron chi connectivity index (χ0n) is 35.8. The van der Waals surface area contributed by atoms with Gasteiger partial charge in [0.15, 0.2) is 10.1 Å². The molecule has 2 aromatic carbocycles. The highest BCUT2D eigenvalue weighted by atomic mass is 32.2. The van der Waals surface area contributed by atoms with E-state index in [-0.39, 0.29) is 32.0 Å². The second-order valence-corrected chi connectivity index (χ2v) is 18.9. The maximum atomic E-state index is 14.0. The van der Waals surface area contributed by atoms with Crippen molar-refractivity contribution in [1.82, 2.24) is 40.2 Å². The Hall–Kier alpha value is -7.17. The molecule has 0 aliphatic carbocycles. The minimum atomic E-state index is -4.04. The molecule has 1 atom stereocenters. The zero-order valence-corrected chi connectivity index (χ0v) is 37.5. The summed E-state index contributed by atoms with van der Waals surface area (Å²) in [6, 6.07) is 16.5. The Morgan fingerprint density at radius 2 is 1.14 bits per heavy atom. The lowest BCUT2D eigenvalue weighted by Crippen LogP contribution is -2.44. The number of nitrogens with one attached hydrogen (secondary N) is 2. The largest absolute Gasteiger partial charge is 0.478 e. The molecule has 65 heavy (non-hydrogen) atoms. The number of amides is 1. The van der Waals surface area contributed by atoms with Gasteiger partial charge in [-0.25, -0.2) is 49.4 Å². The molecule has 0 saturated heterocycles. The van der Waals surface area contributed by atoms with Crippen LogP contribution in [0.1, 0.15) is 43.3 Å². The van der Waals surface area contributed by atoms with Crippen molar-refractivity contribution < 1.29 is 55.3 Å². The lowest BCUT2D eigenvalue weighted by atomic mass is 9.84. The predicted molar refractivity (Wildman–Crippen MR) is 231 cm³/mol. The molecule has 5 N–H and O–H groups in total. The number of carbonyl (C=O) groups is 3. The predicted octanol–water partition coefficient (Wildman–Crippen LogP) is 5.75. The summed E-state index contributed by atoms with van der Waals surface area (Å²) in [5, 5.41) is 38.9. The average Bonchev–Trinajstić information content (AvgIpc) is 3.88. The lowest BCUT2D eigenvalue weighted by Gasteiger charge is -2.29. The van der Waals surface area contributed by atoms with Crippen molar-refractivity contribution in [3.8, 4) is 11.4 Å². The number of sulfone groups is 2. The van der Waals surface area contributed by atoms with Gasteiger partial charge in [-0.05, 0) is 92.0 Å². The van der Waals surface area contributed by atoms with Gasteiger partial charge in [-0.2, -0.15) is 10.2 Å². The molecular formula is C43H46F2N8O10S2. The smallest absolute Gasteiger partial charge is 0.404 e. The molecule has 1 amide bonds. The molecule has 0 radical (unpaired) electrons. The van der Waals surface area contributed by atoms with Crippen LogP contribution < -0.4 is 10.6 Å². The summed E-state index contributed by atoms with van der Waals surface area (Å²) in [6.07, 6.45) is 5.55. The highest BCUT2D eigenvalue weighted by Crippen LogP contribution is 2.29. The molecule has 0 aliphatic rings. The molecule has 0 spiro atoms. The van der Waals surface area contributed by atoms with Crippen LogP contribution in [-0.2, 0) is 42.2 Å². The summed E-state index contributed by atoms with van der Waals surface area (Å²) < 4.78 is 83.1. The number of carboxylic acids is 2. The van der Waals surface area contributed by atoms with Gasteiger partial charge in [0.1, 0.15) is 11.6 Å². The number of halogens is 2. The lowest BCUT2D eigenvalue weighted by molar-refractivity contribution is -0.134. The Labute approximate surface area is 373 Å². The van der Waals surface area contributed by atoms with Crippen molar-refractivity contribution in [1.29, 1.82) is 0 Å². The first-order valence-corrected chi connectivity index (χ1v) is 22.2. The molecule has 18 nitrogen and oxygen atoms in total. The second-order valence-electron chi connectivity index (χ2n) is 15.1. The van der Waals surface area contributed by atoms with E-state index in [1.165, 1.54) is 94.8 Å². The second kappa shape index (κ2) is 21.5. The molecule has 4 heterocycles. The van der Waals surface area contributed by atoms with Crippen LogP contribution >= 0.6 is 0 Å². The molecule has 0 aliphatic heterocycles. The molecule has 0 fully saturated rings. The van der Waals surface area contributed by atoms with Gasteiger partial charge >= 0.3 is 18.0 Å². The van der Waals surface area contributed by atoms with Crippen LogP contribution in [0.25, 0.3) is 11.4 Å². The van der Waals surface area contributed by atoms with Crippen LogP contribution in [0, 0.1) is 30.9 Å². The number of carboxylic acid groups (broad SMARTS) is 3. The monoisotopic (exact) mass is 936 g/mol. The number of aliphatic carboxylic acids is 2. The quantitative estimate of drug-likeness (QED) is 0.0863. The van der Waals surface area contributed by atoms with E-state index in [2.05, 4.69) is 30.8 Å². The third kappa shape index (κ3) is 13.4. The molecule has 22 heteroatoms. The van der Waals surface area contributed by atoms with Crippen molar-refractivity contribution in [2.45, 2.75) is 73.5 Å². The Morgan fingerprint density at radius 3 is 1.51 bits per heavy atom. The minimum Gasteiger partial charge on any atom is -0.478 e. The van der Waals surface area contributed by atoms with Crippen LogP contribution in [0.5, 0.6) is 0 Å². The number of hydrogen-bond acceptors (Lipinski definition) is 12. The molecule has 0 saturated carbocycles. The maximum absolute atomic E-state index is 14.0. The van der Waals surface area contributed by atoms with Gasteiger partial charge in [0.05, 0.1) is 32.6 Å². The summed E-state index contributed by atoms with van der Waals surface area (Å²) in [7, 11) is -6.16. The molecule has 4 aromatic heterocycles. The minimum absolute atomic E-state index is 0.0283. The standard InChI is InChI=1S/C22H25FN4O4S.C17H17FN4O2S.C4H4O4/c1-14-7-8-15(23)10-18(14)27-20(32(30,31)17-6-5-9-24-13-17)12-16(26-27)11-19(22(2,3)4)25-21(28)29;1-12-5-6-13(18)8-16(12)22-17(9-14(21-22)10-19-2)25(23,24)15-4-3-7-20-11-15;5-3(6)1-2-4(7)8/h5-10,12-13,19,25H,11H2,1-4H3,(H,28,29);3-9,11,19H,10H2,1-2H3;1-2H,(H,5,6)(H,7,8). The number of aromatic nitrogens is 6. The fraction of sp³-hybridized carbons (Fsp3) is 0.233. The van der Waals surface area contributed by atoms with Crippen molar-refractivity contribution in [3.63, 3.8) is 0 Å². The molecule has 6 aromatic rings. The van der Waals surface area contributed by atoms with E-state index >= 15 is 0 Å². The fourth-order valence-corrected chi connectivity index (χ4v) is 8.58. The van der Waals surface area contributed by atoms with E-state index in [4.69, 9.17) is 10.2 Å². The van der Waals surface area contributed by atoms with Gasteiger partial charge in [-0.1, -0.05) is 32.9 Å². The third-order valence-electron chi connectivity index (χ3n) is 9.18. The zero-order chi connectivity index (χ0) is 48.3. The number of aryl methyl sites for hydroxylation is 2. The van der Waals surface area contributed by atoms with Crippen molar-refractivity contribution in [2.24, 2.45) is 5.41 Å². The third-order valence-corrected chi connectivity index (χ3v) is 12.6. The van der Waals surface area contributed by atoms with Gasteiger partial charge in [-0.15, -0.1) is 0 Å². The van der Waals surface area contributed by atoms with Crippen LogP contribution in [0.2, 0.25) is 0 Å². The van der Waals surface area contributed by atoms with E-state index in [0.29, 0.717) is 46.9 Å². The summed E-state index contributed by atoms with van der Waals surface area (Å²) in [5.41, 5.74) is 2.42. The SMILES string of the molecule is CNCc1cc(S(=O)(=O)c2cccnc2)n(-c2cc(F)ccc2C)n1.Cc1ccc(F)cc1-n1nc(CC(NC(=O)O)C(C)(C)C)cc1S(=O)(=O)c1cccnc1.O=C(O)C=CC(=O)O. The molecule has 344 valence electrons. The van der Waals surface area contributed by atoms with E-state index in [1.54, 1.807) is 33.0 Å². The Morgan fingerprint density at radius 1 is 0.708 bits per heavy atom. The van der Waals surface area contributed by atoms with Crippen molar-refractivity contribution >= 4 is 37.7 Å². The molecule has 1 unspecified atom stereocenters. The number of nitrogens with zero attached hydrogens (tertiary/aromatic N) is 6. The summed E-state index contributed by atoms with van der Waals surface area (Å²) >= 11 is 0. The molecule has 0 bridgehead atoms. The van der Waals surface area contributed by atoms with Gasteiger partial charge in [0.25, 0.3) is 0 Å². The van der Waals surface area contributed by atoms with Gasteiger partial charge in [0, 0.05) is 62.0 Å². The molecular weight excluding hydrogens is 891 g/mol. The number of rotatable bonds is 13. The fourth-order valence-electron chi connectivity index (χ4n) is 5.87. The van der Waals surface area contributed by atoms with Crippen LogP contribution in [0.4, 0.5) is 13.6 Å². The highest BCUT2D eigenvalue weighted by molar-refractivity contribution is 7.91. The van der Waals surface area contributed by atoms with E-state index in [9.17, 15) is 45.1 Å². The summed E-state index contributed by atoms with van der Waals surface area (Å²) in [5.74, 6) is -3.51. The Bertz CT molecular complexity index is 2890. The topological polar surface area (TPSA) is 266 Å². The summed E-state index contributed by atoms with van der Waals surface area (Å²) in [4.78, 5) is 38.2. The van der Waals surface area contributed by atoms with E-state index in [1.807, 2.05) is 20.8 Å². The number of pyridine rings is 2. The van der Waals surface area contributed by atoms with Crippen molar-refractivity contribution in [3.05, 3.63) is 144 Å².